The lowest BCUT2D eigenvalue weighted by atomic mass is 10.2. The number of anilines is 1. The third-order valence-electron chi connectivity index (χ3n) is 1.91. The van der Waals surface area contributed by atoms with Gasteiger partial charge in [-0.05, 0) is 20.8 Å². The molecule has 19 heavy (non-hydrogen) atoms. The predicted molar refractivity (Wildman–Crippen MR) is 71.4 cm³/mol. The molecule has 7 nitrogen and oxygen atoms in total. The number of carboxylic acid groups (broad SMARTS) is 1. The molecule has 1 rings (SSSR count). The number of nitrogen functional groups attached to an aromatic ring is 1. The van der Waals surface area contributed by atoms with Crippen LogP contribution in [0.3, 0.4) is 0 Å². The van der Waals surface area contributed by atoms with Crippen molar-refractivity contribution >= 4 is 28.4 Å². The molecule has 0 unspecified atom stereocenters. The summed E-state index contributed by atoms with van der Waals surface area (Å²) < 4.78 is 5.06. The number of hydrogen-bond donors (Lipinski definition) is 3. The van der Waals surface area contributed by atoms with Crippen LogP contribution in [-0.2, 0) is 11.2 Å². The molecule has 0 aliphatic heterocycles. The lowest BCUT2D eigenvalue weighted by Gasteiger charge is -2.19. The van der Waals surface area contributed by atoms with Crippen molar-refractivity contribution in [1.29, 1.82) is 0 Å². The van der Waals surface area contributed by atoms with Gasteiger partial charge in [0.15, 0.2) is 5.69 Å². The minimum atomic E-state index is -1.15. The number of ether oxygens (including phenoxy) is 1. The van der Waals surface area contributed by atoms with Gasteiger partial charge in [-0.25, -0.2) is 14.6 Å². The summed E-state index contributed by atoms with van der Waals surface area (Å²) in [7, 11) is 0. The predicted octanol–water partition coefficient (Wildman–Crippen LogP) is 1.49. The highest BCUT2D eigenvalue weighted by Crippen LogP contribution is 2.21. The summed E-state index contributed by atoms with van der Waals surface area (Å²) in [6.45, 7) is 5.62. The van der Waals surface area contributed by atoms with Crippen LogP contribution in [-0.4, -0.2) is 34.3 Å². The summed E-state index contributed by atoms with van der Waals surface area (Å²) in [4.78, 5) is 26.0. The number of nitrogens with two attached hydrogens (primary N) is 1. The molecule has 4 N–H and O–H groups in total. The maximum atomic E-state index is 11.4. The largest absolute Gasteiger partial charge is 0.476 e. The lowest BCUT2D eigenvalue weighted by Crippen LogP contribution is -2.33. The maximum Gasteiger partial charge on any atom is 0.407 e. The number of aromatic nitrogens is 1. The van der Waals surface area contributed by atoms with Gasteiger partial charge in [0.2, 0.25) is 0 Å². The van der Waals surface area contributed by atoms with Gasteiger partial charge in [-0.1, -0.05) is 0 Å². The molecule has 0 atom stereocenters. The third kappa shape index (κ3) is 5.12. The third-order valence-corrected chi connectivity index (χ3v) is 2.85. The molecule has 8 heteroatoms. The summed E-state index contributed by atoms with van der Waals surface area (Å²) in [6.07, 6.45) is -0.114. The highest BCUT2D eigenvalue weighted by Gasteiger charge is 2.17. The average molecular weight is 287 g/mol. The molecule has 0 aromatic carbocycles. The van der Waals surface area contributed by atoms with Crippen LogP contribution in [0.1, 0.15) is 36.3 Å². The Morgan fingerprint density at radius 2 is 2.11 bits per heavy atom. The summed E-state index contributed by atoms with van der Waals surface area (Å²) >= 11 is 1.10. The number of carboxylic acids is 1. The lowest BCUT2D eigenvalue weighted by molar-refractivity contribution is 0.0527. The van der Waals surface area contributed by atoms with Crippen molar-refractivity contribution in [2.45, 2.75) is 32.8 Å². The molecule has 0 radical (unpaired) electrons. The summed E-state index contributed by atoms with van der Waals surface area (Å²) in [6, 6.07) is 0. The zero-order chi connectivity index (χ0) is 14.6. The molecule has 1 amide bonds. The van der Waals surface area contributed by atoms with Gasteiger partial charge in [-0.15, -0.1) is 11.3 Å². The number of carbonyl (C=O) groups is 2. The molecule has 106 valence electrons. The Balaban J connectivity index is 2.44. The summed E-state index contributed by atoms with van der Waals surface area (Å²) in [5, 5.41) is 12.1. The molecule has 0 bridgehead atoms. The Morgan fingerprint density at radius 1 is 1.47 bits per heavy atom. The average Bonchev–Trinajstić information content (AvgIpc) is 2.57. The second kappa shape index (κ2) is 5.87. The van der Waals surface area contributed by atoms with E-state index < -0.39 is 17.7 Å². The number of carbonyl (C=O) groups excluding carboxylic acids is 1. The molecule has 0 aliphatic carbocycles. The monoisotopic (exact) mass is 287 g/mol. The molecule has 0 spiro atoms. The van der Waals surface area contributed by atoms with E-state index in [1.807, 2.05) is 0 Å². The van der Waals surface area contributed by atoms with Gasteiger partial charge < -0.3 is 20.9 Å². The number of thiazole rings is 1. The fourth-order valence-corrected chi connectivity index (χ4v) is 2.05. The van der Waals surface area contributed by atoms with Crippen LogP contribution in [0.25, 0.3) is 0 Å². The molecular formula is C11H17N3O4S. The minimum absolute atomic E-state index is 0.141. The molecule has 1 heterocycles. The fraction of sp³-hybridized carbons (Fsp3) is 0.545. The zero-order valence-corrected chi connectivity index (χ0v) is 11.8. The van der Waals surface area contributed by atoms with Crippen molar-refractivity contribution < 1.29 is 19.4 Å². The van der Waals surface area contributed by atoms with Crippen LogP contribution in [0, 0.1) is 0 Å². The van der Waals surface area contributed by atoms with Crippen LogP contribution >= 0.6 is 11.3 Å². The van der Waals surface area contributed by atoms with Crippen LogP contribution in [0.15, 0.2) is 0 Å². The van der Waals surface area contributed by atoms with E-state index in [1.54, 1.807) is 20.8 Å². The number of aromatic carboxylic acids is 1. The molecule has 0 fully saturated rings. The van der Waals surface area contributed by atoms with Crippen molar-refractivity contribution in [1.82, 2.24) is 10.3 Å². The van der Waals surface area contributed by atoms with Crippen LogP contribution < -0.4 is 11.1 Å². The van der Waals surface area contributed by atoms with Crippen LogP contribution in [0.5, 0.6) is 0 Å². The van der Waals surface area contributed by atoms with E-state index in [-0.39, 0.29) is 10.7 Å². The Hall–Kier alpha value is -1.83. The quantitative estimate of drug-likeness (QED) is 0.773. The van der Waals surface area contributed by atoms with Crippen molar-refractivity contribution in [2.24, 2.45) is 0 Å². The smallest absolute Gasteiger partial charge is 0.407 e. The van der Waals surface area contributed by atoms with E-state index in [2.05, 4.69) is 10.3 Å². The number of amides is 1. The fourth-order valence-electron chi connectivity index (χ4n) is 1.22. The first kappa shape index (κ1) is 15.2. The Bertz CT molecular complexity index is 479. The van der Waals surface area contributed by atoms with Gasteiger partial charge in [-0.3, -0.25) is 0 Å². The summed E-state index contributed by atoms with van der Waals surface area (Å²) in [5.74, 6) is -1.15. The van der Waals surface area contributed by atoms with Crippen molar-refractivity contribution in [3.63, 3.8) is 0 Å². The van der Waals surface area contributed by atoms with Crippen molar-refractivity contribution in [3.05, 3.63) is 10.7 Å². The number of nitrogens with one attached hydrogen (secondary N) is 1. The first-order valence-corrected chi connectivity index (χ1v) is 6.46. The number of hydrogen-bond acceptors (Lipinski definition) is 6. The van der Waals surface area contributed by atoms with Crippen LogP contribution in [0.4, 0.5) is 9.80 Å². The van der Waals surface area contributed by atoms with E-state index in [0.717, 1.165) is 11.3 Å². The number of rotatable bonds is 4. The topological polar surface area (TPSA) is 115 Å². The normalized spacial score (nSPS) is 11.1. The Kier molecular flexibility index (Phi) is 4.71. The minimum Gasteiger partial charge on any atom is -0.476 e. The number of nitrogens with zero attached hydrogens (tertiary/aromatic N) is 1. The van der Waals surface area contributed by atoms with Gasteiger partial charge in [-0.2, -0.15) is 0 Å². The summed E-state index contributed by atoms with van der Waals surface area (Å²) in [5.41, 5.74) is 4.83. The van der Waals surface area contributed by atoms with E-state index in [0.29, 0.717) is 18.0 Å². The molecule has 0 saturated heterocycles. The molecule has 1 aromatic rings. The van der Waals surface area contributed by atoms with E-state index in [9.17, 15) is 9.59 Å². The highest BCUT2D eigenvalue weighted by molar-refractivity contribution is 7.15. The standard InChI is InChI=1S/C11H17N3O4S/c1-11(2,3)18-10(17)13-5-4-6-14-7(9(15)16)8(12)19-6/h4-5,12H2,1-3H3,(H,13,17)(H,15,16). The highest BCUT2D eigenvalue weighted by atomic mass is 32.1. The Labute approximate surface area is 114 Å². The zero-order valence-electron chi connectivity index (χ0n) is 11.0. The van der Waals surface area contributed by atoms with Gasteiger partial charge in [0.1, 0.15) is 10.6 Å². The molecule has 0 saturated carbocycles. The van der Waals surface area contributed by atoms with E-state index in [4.69, 9.17) is 15.6 Å². The van der Waals surface area contributed by atoms with Crippen molar-refractivity contribution in [3.8, 4) is 0 Å². The Morgan fingerprint density at radius 3 is 2.58 bits per heavy atom. The molecule has 1 aromatic heterocycles. The van der Waals surface area contributed by atoms with Gasteiger partial charge in [0.25, 0.3) is 0 Å². The first-order chi connectivity index (χ1) is 8.69. The second-order valence-electron chi connectivity index (χ2n) is 4.80. The number of alkyl carbamates (subject to hydrolysis) is 1. The van der Waals surface area contributed by atoms with E-state index in [1.165, 1.54) is 0 Å². The van der Waals surface area contributed by atoms with Gasteiger partial charge in [0.05, 0.1) is 5.01 Å². The van der Waals surface area contributed by atoms with Gasteiger partial charge in [0, 0.05) is 13.0 Å². The first-order valence-electron chi connectivity index (χ1n) is 5.64. The van der Waals surface area contributed by atoms with E-state index >= 15 is 0 Å². The molecular weight excluding hydrogens is 270 g/mol. The maximum absolute atomic E-state index is 11.4. The van der Waals surface area contributed by atoms with Crippen molar-refractivity contribution in [2.75, 3.05) is 12.3 Å². The molecule has 0 aliphatic rings. The van der Waals surface area contributed by atoms with Gasteiger partial charge >= 0.3 is 12.1 Å². The van der Waals surface area contributed by atoms with Crippen LogP contribution in [0.2, 0.25) is 0 Å². The second-order valence-corrected chi connectivity index (χ2v) is 5.92. The SMILES string of the molecule is CC(C)(C)OC(=O)NCCc1nc(C(=O)O)c(N)s1.